The van der Waals surface area contributed by atoms with Crippen LogP contribution in [-0.4, -0.2) is 23.8 Å². The fourth-order valence-electron chi connectivity index (χ4n) is 1.32. The first-order valence-electron chi connectivity index (χ1n) is 4.83. The van der Waals surface area contributed by atoms with E-state index in [1.54, 1.807) is 25.1 Å². The van der Waals surface area contributed by atoms with Crippen molar-refractivity contribution in [2.45, 2.75) is 19.4 Å². The number of carboxylic acids is 1. The Labute approximate surface area is 104 Å². The van der Waals surface area contributed by atoms with Crippen LogP contribution in [0.25, 0.3) is 0 Å². The molecule has 5 heteroatoms. The zero-order valence-corrected chi connectivity index (χ0v) is 10.3. The molecule has 0 saturated heterocycles. The molecule has 1 aromatic rings. The molecule has 0 amide bonds. The predicted octanol–water partition coefficient (Wildman–Crippen LogP) is 3.03. The van der Waals surface area contributed by atoms with Crippen LogP contribution in [0.4, 0.5) is 0 Å². The Balaban J connectivity index is 2.85. The maximum atomic E-state index is 10.9. The van der Waals surface area contributed by atoms with Crippen molar-refractivity contribution >= 4 is 29.2 Å². The van der Waals surface area contributed by atoms with Crippen LogP contribution in [0.1, 0.15) is 12.5 Å². The SMILES string of the molecule is CCOC(Cc1cccc(Cl)c1Cl)C(=O)O. The van der Waals surface area contributed by atoms with Gasteiger partial charge in [0.05, 0.1) is 10.0 Å². The number of halogens is 2. The summed E-state index contributed by atoms with van der Waals surface area (Å²) in [5, 5.41) is 9.73. The van der Waals surface area contributed by atoms with Gasteiger partial charge < -0.3 is 9.84 Å². The highest BCUT2D eigenvalue weighted by Gasteiger charge is 2.19. The van der Waals surface area contributed by atoms with Crippen LogP contribution in [-0.2, 0) is 16.0 Å². The Morgan fingerprint density at radius 2 is 2.19 bits per heavy atom. The Bertz CT molecular complexity index is 379. The summed E-state index contributed by atoms with van der Waals surface area (Å²) in [6.45, 7) is 2.09. The molecule has 0 aliphatic rings. The summed E-state index contributed by atoms with van der Waals surface area (Å²) in [5.74, 6) is -1.00. The molecule has 1 N–H and O–H groups in total. The molecule has 3 nitrogen and oxygen atoms in total. The molecule has 1 unspecified atom stereocenters. The lowest BCUT2D eigenvalue weighted by Crippen LogP contribution is -2.26. The fourth-order valence-corrected chi connectivity index (χ4v) is 1.72. The van der Waals surface area contributed by atoms with E-state index in [0.717, 1.165) is 0 Å². The van der Waals surface area contributed by atoms with Crippen molar-refractivity contribution in [3.63, 3.8) is 0 Å². The van der Waals surface area contributed by atoms with Gasteiger partial charge in [0.25, 0.3) is 0 Å². The summed E-state index contributed by atoms with van der Waals surface area (Å²) in [6, 6.07) is 5.13. The van der Waals surface area contributed by atoms with Crippen molar-refractivity contribution in [3.05, 3.63) is 33.8 Å². The molecule has 0 bridgehead atoms. The summed E-state index contributed by atoms with van der Waals surface area (Å²) < 4.78 is 5.10. The summed E-state index contributed by atoms with van der Waals surface area (Å²) in [6.07, 6.45) is -0.677. The van der Waals surface area contributed by atoms with E-state index in [4.69, 9.17) is 33.0 Å². The Morgan fingerprint density at radius 3 is 2.75 bits per heavy atom. The average molecular weight is 263 g/mol. The second-order valence-corrected chi connectivity index (χ2v) is 3.98. The zero-order chi connectivity index (χ0) is 12.1. The van der Waals surface area contributed by atoms with Gasteiger partial charge in [-0.25, -0.2) is 4.79 Å². The standard InChI is InChI=1S/C11H12Cl2O3/c1-2-16-9(11(14)15)6-7-4-3-5-8(12)10(7)13/h3-5,9H,2,6H2,1H3,(H,14,15). The van der Waals surface area contributed by atoms with Gasteiger partial charge in [-0.3, -0.25) is 0 Å². The number of rotatable bonds is 5. The van der Waals surface area contributed by atoms with Crippen LogP contribution >= 0.6 is 23.2 Å². The van der Waals surface area contributed by atoms with Crippen molar-refractivity contribution in [3.8, 4) is 0 Å². The molecule has 88 valence electrons. The normalized spacial score (nSPS) is 12.4. The number of carboxylic acid groups (broad SMARTS) is 1. The second kappa shape index (κ2) is 6.09. The molecule has 0 aromatic heterocycles. The van der Waals surface area contributed by atoms with Crippen molar-refractivity contribution in [1.29, 1.82) is 0 Å². The summed E-state index contributed by atoms with van der Waals surface area (Å²) in [4.78, 5) is 10.9. The third-order valence-electron chi connectivity index (χ3n) is 2.08. The Hall–Kier alpha value is -0.770. The molecule has 1 aromatic carbocycles. The van der Waals surface area contributed by atoms with Crippen LogP contribution in [0.5, 0.6) is 0 Å². The average Bonchev–Trinajstić information content (AvgIpc) is 2.23. The third-order valence-corrected chi connectivity index (χ3v) is 2.94. The minimum absolute atomic E-state index is 0.211. The van der Waals surface area contributed by atoms with E-state index in [0.29, 0.717) is 22.2 Å². The highest BCUT2D eigenvalue weighted by Crippen LogP contribution is 2.26. The van der Waals surface area contributed by atoms with Crippen LogP contribution < -0.4 is 0 Å². The minimum Gasteiger partial charge on any atom is -0.479 e. The molecule has 0 aliphatic carbocycles. The molecule has 1 atom stereocenters. The highest BCUT2D eigenvalue weighted by atomic mass is 35.5. The van der Waals surface area contributed by atoms with Gasteiger partial charge in [0, 0.05) is 13.0 Å². The van der Waals surface area contributed by atoms with E-state index in [1.807, 2.05) is 0 Å². The highest BCUT2D eigenvalue weighted by molar-refractivity contribution is 6.42. The molecule has 0 spiro atoms. The lowest BCUT2D eigenvalue weighted by atomic mass is 10.1. The van der Waals surface area contributed by atoms with Crippen molar-refractivity contribution in [1.82, 2.24) is 0 Å². The molecule has 0 saturated carbocycles. The van der Waals surface area contributed by atoms with Gasteiger partial charge in [-0.05, 0) is 18.6 Å². The zero-order valence-electron chi connectivity index (χ0n) is 8.74. The smallest absolute Gasteiger partial charge is 0.333 e. The summed E-state index contributed by atoms with van der Waals surface area (Å²) >= 11 is 11.8. The first kappa shape index (κ1) is 13.3. The molecule has 0 fully saturated rings. The Morgan fingerprint density at radius 1 is 1.50 bits per heavy atom. The summed E-state index contributed by atoms with van der Waals surface area (Å²) in [5.41, 5.74) is 0.676. The lowest BCUT2D eigenvalue weighted by Gasteiger charge is -2.13. The van der Waals surface area contributed by atoms with Crippen molar-refractivity contribution in [2.24, 2.45) is 0 Å². The maximum absolute atomic E-state index is 10.9. The van der Waals surface area contributed by atoms with Crippen LogP contribution in [0, 0.1) is 0 Å². The van der Waals surface area contributed by atoms with E-state index in [1.165, 1.54) is 0 Å². The number of benzene rings is 1. The number of aliphatic carboxylic acids is 1. The number of hydrogen-bond acceptors (Lipinski definition) is 2. The Kier molecular flexibility index (Phi) is 5.06. The number of ether oxygens (including phenoxy) is 1. The van der Waals surface area contributed by atoms with Gasteiger partial charge in [-0.15, -0.1) is 0 Å². The molecule has 0 heterocycles. The number of hydrogen-bond donors (Lipinski definition) is 1. The molecular weight excluding hydrogens is 251 g/mol. The van der Waals surface area contributed by atoms with Gasteiger partial charge in [-0.2, -0.15) is 0 Å². The summed E-state index contributed by atoms with van der Waals surface area (Å²) in [7, 11) is 0. The first-order valence-corrected chi connectivity index (χ1v) is 5.59. The first-order chi connectivity index (χ1) is 7.56. The minimum atomic E-state index is -1.00. The van der Waals surface area contributed by atoms with Gasteiger partial charge in [-0.1, -0.05) is 35.3 Å². The van der Waals surface area contributed by atoms with Crippen molar-refractivity contribution < 1.29 is 14.6 Å². The molecular formula is C11H12Cl2O3. The van der Waals surface area contributed by atoms with Crippen LogP contribution in [0.2, 0.25) is 10.0 Å². The topological polar surface area (TPSA) is 46.5 Å². The second-order valence-electron chi connectivity index (χ2n) is 3.20. The van der Waals surface area contributed by atoms with Gasteiger partial charge in [0.2, 0.25) is 0 Å². The van der Waals surface area contributed by atoms with E-state index in [-0.39, 0.29) is 6.42 Å². The fraction of sp³-hybridized carbons (Fsp3) is 0.364. The maximum Gasteiger partial charge on any atom is 0.333 e. The largest absolute Gasteiger partial charge is 0.479 e. The van der Waals surface area contributed by atoms with Crippen LogP contribution in [0.3, 0.4) is 0 Å². The number of carbonyl (C=O) groups is 1. The molecule has 16 heavy (non-hydrogen) atoms. The predicted molar refractivity (Wildman–Crippen MR) is 63.2 cm³/mol. The van der Waals surface area contributed by atoms with Gasteiger partial charge in [0.1, 0.15) is 0 Å². The third kappa shape index (κ3) is 3.37. The molecule has 0 aliphatic heterocycles. The molecule has 0 radical (unpaired) electrons. The van der Waals surface area contributed by atoms with E-state index in [9.17, 15) is 4.79 Å². The van der Waals surface area contributed by atoms with E-state index < -0.39 is 12.1 Å². The quantitative estimate of drug-likeness (QED) is 0.888. The van der Waals surface area contributed by atoms with E-state index >= 15 is 0 Å². The van der Waals surface area contributed by atoms with Gasteiger partial charge >= 0.3 is 5.97 Å². The van der Waals surface area contributed by atoms with E-state index in [2.05, 4.69) is 0 Å². The monoisotopic (exact) mass is 262 g/mol. The van der Waals surface area contributed by atoms with Crippen LogP contribution in [0.15, 0.2) is 18.2 Å². The van der Waals surface area contributed by atoms with Crippen molar-refractivity contribution in [2.75, 3.05) is 6.61 Å². The van der Waals surface area contributed by atoms with Gasteiger partial charge in [0.15, 0.2) is 6.10 Å². The lowest BCUT2D eigenvalue weighted by molar-refractivity contribution is -0.149. The molecule has 1 rings (SSSR count).